The Morgan fingerprint density at radius 1 is 0.618 bits per heavy atom. The van der Waals surface area contributed by atoms with Gasteiger partial charge in [0.2, 0.25) is 5.91 Å². The second-order valence-corrected chi connectivity index (χ2v) is 16.2. The lowest BCUT2D eigenvalue weighted by Crippen LogP contribution is -2.60. The van der Waals surface area contributed by atoms with Crippen molar-refractivity contribution in [3.63, 3.8) is 0 Å². The summed E-state index contributed by atoms with van der Waals surface area (Å²) in [6.07, 6.45) is 36.8. The van der Waals surface area contributed by atoms with Crippen molar-refractivity contribution in [2.45, 2.75) is 249 Å². The quantitative estimate of drug-likeness (QED) is 0.0268. The first kappa shape index (κ1) is 51.7. The minimum absolute atomic E-state index is 0.193. The van der Waals surface area contributed by atoms with Crippen LogP contribution < -0.4 is 5.32 Å². The molecule has 1 saturated heterocycles. The van der Waals surface area contributed by atoms with E-state index in [9.17, 15) is 30.3 Å². The number of carbonyl (C=O) groups excluding carboxylic acids is 1. The Hall–Kier alpha value is -1.33. The molecule has 0 bridgehead atoms. The van der Waals surface area contributed by atoms with Crippen LogP contribution in [0.15, 0.2) is 24.3 Å². The summed E-state index contributed by atoms with van der Waals surface area (Å²) in [6, 6.07) is -0.831. The molecule has 1 aliphatic rings. The van der Waals surface area contributed by atoms with Gasteiger partial charge in [0.1, 0.15) is 24.4 Å². The monoisotopic (exact) mass is 782 g/mol. The Bertz CT molecular complexity index is 914. The number of rotatable bonds is 38. The van der Waals surface area contributed by atoms with E-state index < -0.39 is 49.5 Å². The van der Waals surface area contributed by atoms with Gasteiger partial charge in [-0.05, 0) is 19.3 Å². The lowest BCUT2D eigenvalue weighted by atomic mass is 9.99. The van der Waals surface area contributed by atoms with Crippen LogP contribution >= 0.6 is 0 Å². The molecule has 6 N–H and O–H groups in total. The van der Waals surface area contributed by atoms with Crippen molar-refractivity contribution in [3.05, 3.63) is 24.3 Å². The van der Waals surface area contributed by atoms with Crippen LogP contribution in [0.1, 0.15) is 206 Å². The summed E-state index contributed by atoms with van der Waals surface area (Å²) in [5.74, 6) is -0.193. The third-order valence-electron chi connectivity index (χ3n) is 11.1. The second kappa shape index (κ2) is 37.0. The van der Waals surface area contributed by atoms with E-state index in [-0.39, 0.29) is 12.5 Å². The fourth-order valence-electron chi connectivity index (χ4n) is 7.33. The minimum atomic E-state index is -1.57. The fraction of sp³-hybridized carbons (Fsp3) is 0.891. The third kappa shape index (κ3) is 27.9. The molecule has 0 aliphatic carbocycles. The lowest BCUT2D eigenvalue weighted by molar-refractivity contribution is -0.302. The summed E-state index contributed by atoms with van der Waals surface area (Å²) < 4.78 is 11.2. The number of allylic oxidation sites excluding steroid dienone is 3. The molecule has 9 nitrogen and oxygen atoms in total. The number of carbonyl (C=O) groups is 1. The molecule has 7 atom stereocenters. The highest BCUT2D eigenvalue weighted by Crippen LogP contribution is 2.22. The normalized spacial score (nSPS) is 21.5. The van der Waals surface area contributed by atoms with Crippen molar-refractivity contribution < 1.29 is 39.8 Å². The topological polar surface area (TPSA) is 149 Å². The van der Waals surface area contributed by atoms with Crippen molar-refractivity contribution in [3.8, 4) is 0 Å². The summed E-state index contributed by atoms with van der Waals surface area (Å²) in [4.78, 5) is 12.9. The number of aliphatic hydroxyl groups is 5. The number of ether oxygens (including phenoxy) is 2. The highest BCUT2D eigenvalue weighted by atomic mass is 16.7. The zero-order valence-electron chi connectivity index (χ0n) is 35.4. The zero-order chi connectivity index (χ0) is 40.2. The SMILES string of the molecule is CCCCCCCC/C=C/C=C/[C@@H](O)[C@H](CO[C@H]1O[C@@H](CO)[C@H](O)C(O)C1O)NC(=O)CCCCCCCCCCCCCCCCCCCCCCCC. The van der Waals surface area contributed by atoms with Gasteiger partial charge in [-0.1, -0.05) is 205 Å². The van der Waals surface area contributed by atoms with Gasteiger partial charge in [0.05, 0.1) is 25.4 Å². The van der Waals surface area contributed by atoms with Gasteiger partial charge in [0, 0.05) is 6.42 Å². The van der Waals surface area contributed by atoms with E-state index in [0.717, 1.165) is 32.1 Å². The zero-order valence-corrected chi connectivity index (χ0v) is 35.4. The molecule has 0 saturated carbocycles. The van der Waals surface area contributed by atoms with E-state index in [2.05, 4.69) is 25.2 Å². The summed E-state index contributed by atoms with van der Waals surface area (Å²) in [5.41, 5.74) is 0. The highest BCUT2D eigenvalue weighted by Gasteiger charge is 2.44. The second-order valence-electron chi connectivity index (χ2n) is 16.2. The molecule has 324 valence electrons. The third-order valence-corrected chi connectivity index (χ3v) is 11.1. The van der Waals surface area contributed by atoms with E-state index in [1.165, 1.54) is 154 Å². The molecular formula is C46H87NO8. The number of unbranched alkanes of at least 4 members (excludes halogenated alkanes) is 27. The first-order valence-corrected chi connectivity index (χ1v) is 23.1. The molecule has 1 heterocycles. The van der Waals surface area contributed by atoms with Crippen molar-refractivity contribution >= 4 is 5.91 Å². The van der Waals surface area contributed by atoms with Gasteiger partial charge in [-0.15, -0.1) is 0 Å². The average molecular weight is 782 g/mol. The van der Waals surface area contributed by atoms with E-state index in [0.29, 0.717) is 6.42 Å². The molecule has 0 spiro atoms. The summed E-state index contributed by atoms with van der Waals surface area (Å²) in [5, 5.41) is 54.0. The van der Waals surface area contributed by atoms with Gasteiger partial charge in [-0.2, -0.15) is 0 Å². The molecule has 9 heteroatoms. The summed E-state index contributed by atoms with van der Waals surface area (Å²) in [6.45, 7) is 3.72. The molecule has 1 fully saturated rings. The molecule has 2 unspecified atom stereocenters. The molecule has 0 aromatic heterocycles. The molecular weight excluding hydrogens is 695 g/mol. The molecule has 0 aromatic rings. The molecule has 0 radical (unpaired) electrons. The number of amides is 1. The number of hydrogen-bond donors (Lipinski definition) is 6. The maximum atomic E-state index is 12.9. The Kier molecular flexibility index (Phi) is 34.7. The maximum Gasteiger partial charge on any atom is 0.220 e. The largest absolute Gasteiger partial charge is 0.394 e. The van der Waals surface area contributed by atoms with Gasteiger partial charge >= 0.3 is 0 Å². The van der Waals surface area contributed by atoms with Crippen LogP contribution in [0, 0.1) is 0 Å². The predicted octanol–water partition coefficient (Wildman–Crippen LogP) is 9.50. The standard InChI is InChI=1S/C46H87NO8/c1-3-5-7-9-11-13-15-16-17-18-19-20-21-22-23-24-25-26-28-30-32-34-36-42(50)47-39(38-54-46-45(53)44(52)43(51)41(37-48)55-46)40(49)35-33-31-29-27-14-12-10-8-6-4-2/h29,31,33,35,39-41,43-46,48-49,51-53H,3-28,30,32,34,36-38H2,1-2H3,(H,47,50)/b31-29+,35-33+/t39-,40+,41-,43-,44?,45?,46-/m0/s1. The Labute approximate surface area is 337 Å². The van der Waals surface area contributed by atoms with Crippen LogP contribution in [-0.4, -0.2) is 87.5 Å². The number of aliphatic hydroxyl groups excluding tert-OH is 5. The predicted molar refractivity (Wildman–Crippen MR) is 226 cm³/mol. The van der Waals surface area contributed by atoms with Crippen molar-refractivity contribution in [2.75, 3.05) is 13.2 Å². The maximum absolute atomic E-state index is 12.9. The Balaban J connectivity index is 2.27. The van der Waals surface area contributed by atoms with E-state index in [4.69, 9.17) is 9.47 Å². The van der Waals surface area contributed by atoms with Gasteiger partial charge < -0.3 is 40.3 Å². The molecule has 55 heavy (non-hydrogen) atoms. The van der Waals surface area contributed by atoms with Crippen molar-refractivity contribution in [1.29, 1.82) is 0 Å². The first-order chi connectivity index (χ1) is 26.8. The Morgan fingerprint density at radius 2 is 1.05 bits per heavy atom. The fourth-order valence-corrected chi connectivity index (χ4v) is 7.33. The molecule has 0 aromatic carbocycles. The van der Waals surface area contributed by atoms with E-state index >= 15 is 0 Å². The van der Waals surface area contributed by atoms with Crippen molar-refractivity contribution in [2.24, 2.45) is 0 Å². The van der Waals surface area contributed by atoms with Crippen molar-refractivity contribution in [1.82, 2.24) is 5.32 Å². The van der Waals surface area contributed by atoms with Crippen LogP contribution in [0.25, 0.3) is 0 Å². The van der Waals surface area contributed by atoms with Crippen LogP contribution in [0.3, 0.4) is 0 Å². The average Bonchev–Trinajstić information content (AvgIpc) is 3.18. The molecule has 1 amide bonds. The van der Waals surface area contributed by atoms with Crippen LogP contribution in [0.5, 0.6) is 0 Å². The lowest BCUT2D eigenvalue weighted by Gasteiger charge is -2.40. The van der Waals surface area contributed by atoms with E-state index in [1.54, 1.807) is 12.2 Å². The van der Waals surface area contributed by atoms with Gasteiger partial charge in [-0.3, -0.25) is 4.79 Å². The van der Waals surface area contributed by atoms with Gasteiger partial charge in [0.15, 0.2) is 6.29 Å². The van der Waals surface area contributed by atoms with Gasteiger partial charge in [-0.25, -0.2) is 0 Å². The Morgan fingerprint density at radius 3 is 1.51 bits per heavy atom. The van der Waals surface area contributed by atoms with Crippen LogP contribution in [-0.2, 0) is 14.3 Å². The van der Waals surface area contributed by atoms with Crippen LogP contribution in [0.4, 0.5) is 0 Å². The first-order valence-electron chi connectivity index (χ1n) is 23.1. The number of hydrogen-bond acceptors (Lipinski definition) is 8. The molecule has 1 aliphatic heterocycles. The summed E-state index contributed by atoms with van der Waals surface area (Å²) >= 11 is 0. The number of nitrogens with one attached hydrogen (secondary N) is 1. The van der Waals surface area contributed by atoms with E-state index in [1.807, 2.05) is 6.08 Å². The summed E-state index contributed by atoms with van der Waals surface area (Å²) in [7, 11) is 0. The van der Waals surface area contributed by atoms with Gasteiger partial charge in [0.25, 0.3) is 0 Å². The molecule has 1 rings (SSSR count). The van der Waals surface area contributed by atoms with Crippen LogP contribution in [0.2, 0.25) is 0 Å². The smallest absolute Gasteiger partial charge is 0.220 e. The highest BCUT2D eigenvalue weighted by molar-refractivity contribution is 5.76. The minimum Gasteiger partial charge on any atom is -0.394 e.